The van der Waals surface area contributed by atoms with Crippen LogP contribution in [0.4, 0.5) is 14.5 Å². The Balaban J connectivity index is 2.16. The van der Waals surface area contributed by atoms with E-state index < -0.39 is 23.9 Å². The number of alkyl halides is 2. The number of hydrogen-bond donors (Lipinski definition) is 2. The number of rotatable bonds is 4. The van der Waals surface area contributed by atoms with Crippen molar-refractivity contribution in [2.24, 2.45) is 12.8 Å². The van der Waals surface area contributed by atoms with Gasteiger partial charge in [0.1, 0.15) is 15.4 Å². The molecule has 3 N–H and O–H groups in total. The number of pyridine rings is 1. The molecule has 0 bridgehead atoms. The van der Waals surface area contributed by atoms with Crippen LogP contribution in [0.25, 0.3) is 10.2 Å². The molecule has 0 radical (unpaired) electrons. The number of carbonyl (C=O) groups excluding carboxylic acids is 2. The van der Waals surface area contributed by atoms with E-state index in [0.717, 1.165) is 11.3 Å². The smallest absolute Gasteiger partial charge is 0.280 e. The summed E-state index contributed by atoms with van der Waals surface area (Å²) in [5, 5.41) is 7.33. The fraction of sp³-hybridized carbons (Fsp3) is 0.294. The number of hydrogen-bond acceptors (Lipinski definition) is 5. The highest BCUT2D eigenvalue weighted by molar-refractivity contribution is 7.21. The highest BCUT2D eigenvalue weighted by Gasteiger charge is 2.25. The quantitative estimate of drug-likeness (QED) is 0.710. The third-order valence-corrected chi connectivity index (χ3v) is 5.40. The Kier molecular flexibility index (Phi) is 4.68. The van der Waals surface area contributed by atoms with E-state index in [0.29, 0.717) is 27.9 Å². The molecule has 2 amide bonds. The lowest BCUT2D eigenvalue weighted by Gasteiger charge is -2.08. The van der Waals surface area contributed by atoms with Gasteiger partial charge in [0.2, 0.25) is 0 Å². The van der Waals surface area contributed by atoms with Crippen LogP contribution in [0.3, 0.4) is 0 Å². The van der Waals surface area contributed by atoms with E-state index in [2.05, 4.69) is 15.4 Å². The van der Waals surface area contributed by atoms with E-state index in [1.807, 2.05) is 0 Å². The highest BCUT2D eigenvalue weighted by Crippen LogP contribution is 2.38. The monoisotopic (exact) mass is 393 g/mol. The number of amides is 2. The number of nitrogens with zero attached hydrogens (tertiary/aromatic N) is 3. The van der Waals surface area contributed by atoms with Crippen molar-refractivity contribution >= 4 is 39.1 Å². The van der Waals surface area contributed by atoms with E-state index in [1.165, 1.54) is 6.07 Å². The molecule has 0 spiro atoms. The molecule has 0 fully saturated rings. The van der Waals surface area contributed by atoms with Crippen molar-refractivity contribution in [2.75, 3.05) is 5.32 Å². The first-order valence-corrected chi connectivity index (χ1v) is 8.77. The van der Waals surface area contributed by atoms with Gasteiger partial charge in [0, 0.05) is 18.1 Å². The summed E-state index contributed by atoms with van der Waals surface area (Å²) in [6.07, 6.45) is -2.74. The van der Waals surface area contributed by atoms with E-state index in [9.17, 15) is 18.4 Å². The van der Waals surface area contributed by atoms with Gasteiger partial charge in [-0.3, -0.25) is 14.3 Å². The fourth-order valence-electron chi connectivity index (χ4n) is 2.99. The van der Waals surface area contributed by atoms with Crippen LogP contribution in [-0.4, -0.2) is 26.6 Å². The summed E-state index contributed by atoms with van der Waals surface area (Å²) < 4.78 is 27.6. The lowest BCUT2D eigenvalue weighted by Crippen LogP contribution is -2.18. The Morgan fingerprint density at radius 2 is 1.96 bits per heavy atom. The standard InChI is InChI=1S/C17H17F2N5O2S/c1-6-5-9(14(18)19)21-17-10(6)12(13(27-17)15(20)25)22-16(26)11-7(2)23-24(4)8(11)3/h5,14H,1-4H3,(H2,20,25)(H,22,26). The lowest BCUT2D eigenvalue weighted by molar-refractivity contribution is 0.100. The summed E-state index contributed by atoms with van der Waals surface area (Å²) in [4.78, 5) is 28.9. The second-order valence-corrected chi connectivity index (χ2v) is 7.14. The maximum atomic E-state index is 13.0. The molecule has 0 saturated carbocycles. The van der Waals surface area contributed by atoms with Crippen molar-refractivity contribution in [2.45, 2.75) is 27.2 Å². The molecule has 0 aliphatic heterocycles. The molecule has 0 unspecified atom stereocenters. The lowest BCUT2D eigenvalue weighted by atomic mass is 10.1. The van der Waals surface area contributed by atoms with Crippen LogP contribution >= 0.6 is 11.3 Å². The van der Waals surface area contributed by atoms with Gasteiger partial charge < -0.3 is 11.1 Å². The van der Waals surface area contributed by atoms with Gasteiger partial charge in [-0.1, -0.05) is 0 Å². The average molecular weight is 393 g/mol. The summed E-state index contributed by atoms with van der Waals surface area (Å²) in [7, 11) is 1.72. The van der Waals surface area contributed by atoms with Gasteiger partial charge in [-0.2, -0.15) is 5.10 Å². The molecule has 10 heteroatoms. The molecule has 7 nitrogen and oxygen atoms in total. The van der Waals surface area contributed by atoms with Gasteiger partial charge in [-0.25, -0.2) is 13.8 Å². The van der Waals surface area contributed by atoms with Crippen LogP contribution in [0.1, 0.15) is 49.1 Å². The van der Waals surface area contributed by atoms with E-state index >= 15 is 0 Å². The fourth-order valence-corrected chi connectivity index (χ4v) is 4.06. The number of aromatic nitrogens is 3. The van der Waals surface area contributed by atoms with Gasteiger partial charge in [-0.05, 0) is 32.4 Å². The molecule has 0 saturated heterocycles. The molecule has 3 aromatic rings. The number of anilines is 1. The Morgan fingerprint density at radius 3 is 2.48 bits per heavy atom. The van der Waals surface area contributed by atoms with Crippen molar-refractivity contribution in [1.82, 2.24) is 14.8 Å². The average Bonchev–Trinajstić information content (AvgIpc) is 3.05. The van der Waals surface area contributed by atoms with Crippen molar-refractivity contribution in [1.29, 1.82) is 0 Å². The number of thiophene rings is 1. The first-order chi connectivity index (χ1) is 12.6. The predicted molar refractivity (Wildman–Crippen MR) is 98.5 cm³/mol. The molecule has 3 rings (SSSR count). The summed E-state index contributed by atoms with van der Waals surface area (Å²) >= 11 is 0.874. The zero-order chi connectivity index (χ0) is 20.0. The Hall–Kier alpha value is -2.88. The third kappa shape index (κ3) is 3.16. The highest BCUT2D eigenvalue weighted by atomic mass is 32.1. The first-order valence-electron chi connectivity index (χ1n) is 7.95. The van der Waals surface area contributed by atoms with Crippen LogP contribution in [0, 0.1) is 20.8 Å². The summed E-state index contributed by atoms with van der Waals surface area (Å²) in [5.41, 5.74) is 7.25. The Morgan fingerprint density at radius 1 is 1.30 bits per heavy atom. The van der Waals surface area contributed by atoms with Gasteiger partial charge in [0.15, 0.2) is 0 Å². The van der Waals surface area contributed by atoms with Crippen molar-refractivity contribution in [3.05, 3.63) is 39.2 Å². The second kappa shape index (κ2) is 6.69. The minimum absolute atomic E-state index is 0.0552. The van der Waals surface area contributed by atoms with E-state index in [1.54, 1.807) is 32.5 Å². The maximum Gasteiger partial charge on any atom is 0.280 e. The minimum Gasteiger partial charge on any atom is -0.365 e. The van der Waals surface area contributed by atoms with Gasteiger partial charge >= 0.3 is 0 Å². The molecule has 142 valence electrons. The third-order valence-electron chi connectivity index (χ3n) is 4.30. The molecular formula is C17H17F2N5O2S. The minimum atomic E-state index is -2.74. The molecule has 0 aliphatic rings. The molecular weight excluding hydrogens is 376 g/mol. The van der Waals surface area contributed by atoms with Crippen molar-refractivity contribution in [3.63, 3.8) is 0 Å². The SMILES string of the molecule is Cc1nn(C)c(C)c1C(=O)Nc1c(C(N)=O)sc2nc(C(F)F)cc(C)c12. The maximum absolute atomic E-state index is 13.0. The van der Waals surface area contributed by atoms with Crippen molar-refractivity contribution in [3.8, 4) is 0 Å². The summed E-state index contributed by atoms with van der Waals surface area (Å²) in [5.74, 6) is -1.23. The Bertz CT molecular complexity index is 1090. The zero-order valence-corrected chi connectivity index (χ0v) is 15.9. The van der Waals surface area contributed by atoms with Crippen LogP contribution in [0.5, 0.6) is 0 Å². The number of fused-ring (bicyclic) bond motifs is 1. The summed E-state index contributed by atoms with van der Waals surface area (Å²) in [6, 6.07) is 1.24. The number of primary amides is 1. The van der Waals surface area contributed by atoms with Crippen LogP contribution in [-0.2, 0) is 7.05 Å². The van der Waals surface area contributed by atoms with Gasteiger partial charge in [-0.15, -0.1) is 11.3 Å². The predicted octanol–water partition coefficient (Wildman–Crippen LogP) is 3.24. The number of nitrogens with one attached hydrogen (secondary N) is 1. The number of nitrogens with two attached hydrogens (primary N) is 1. The van der Waals surface area contributed by atoms with Crippen LogP contribution in [0.15, 0.2) is 6.07 Å². The topological polar surface area (TPSA) is 103 Å². The van der Waals surface area contributed by atoms with Crippen LogP contribution < -0.4 is 11.1 Å². The largest absolute Gasteiger partial charge is 0.365 e. The second-order valence-electron chi connectivity index (χ2n) is 6.14. The zero-order valence-electron chi connectivity index (χ0n) is 15.1. The number of carbonyl (C=O) groups is 2. The normalized spacial score (nSPS) is 11.4. The molecule has 0 atom stereocenters. The number of halogens is 2. The Labute approximate surface area is 157 Å². The van der Waals surface area contributed by atoms with E-state index in [-0.39, 0.29) is 15.4 Å². The van der Waals surface area contributed by atoms with Crippen LogP contribution in [0.2, 0.25) is 0 Å². The summed E-state index contributed by atoms with van der Waals surface area (Å²) in [6.45, 7) is 5.06. The van der Waals surface area contributed by atoms with E-state index in [4.69, 9.17) is 5.73 Å². The molecule has 0 aromatic carbocycles. The molecule has 27 heavy (non-hydrogen) atoms. The first kappa shape index (κ1) is 18.9. The van der Waals surface area contributed by atoms with Gasteiger partial charge in [0.05, 0.1) is 16.9 Å². The molecule has 3 heterocycles. The number of aryl methyl sites for hydroxylation is 3. The molecule has 3 aromatic heterocycles. The van der Waals surface area contributed by atoms with Gasteiger partial charge in [0.25, 0.3) is 18.2 Å². The molecule has 0 aliphatic carbocycles. The van der Waals surface area contributed by atoms with Crippen molar-refractivity contribution < 1.29 is 18.4 Å².